The Labute approximate surface area is 484 Å². The van der Waals surface area contributed by atoms with Crippen LogP contribution in [0.3, 0.4) is 0 Å². The molecular weight excluding hydrogens is 961 g/mol. The minimum atomic E-state index is -0.787. The number of rotatable bonds is 61. The van der Waals surface area contributed by atoms with Crippen molar-refractivity contribution < 1.29 is 28.6 Å². The molecule has 1 unspecified atom stereocenters. The highest BCUT2D eigenvalue weighted by atomic mass is 16.6. The van der Waals surface area contributed by atoms with E-state index >= 15 is 0 Å². The zero-order chi connectivity index (χ0) is 56.4. The molecule has 0 aromatic heterocycles. The van der Waals surface area contributed by atoms with E-state index in [1.807, 2.05) is 0 Å². The summed E-state index contributed by atoms with van der Waals surface area (Å²) in [4.78, 5) is 38.4. The van der Waals surface area contributed by atoms with Crippen LogP contribution in [0.2, 0.25) is 0 Å². The first kappa shape index (κ1) is 74.6. The summed E-state index contributed by atoms with van der Waals surface area (Å²) < 4.78 is 17.0. The molecule has 0 rings (SSSR count). The van der Waals surface area contributed by atoms with Crippen molar-refractivity contribution in [1.29, 1.82) is 0 Å². The Morgan fingerprint density at radius 2 is 0.500 bits per heavy atom. The fourth-order valence-corrected chi connectivity index (χ4v) is 9.62. The predicted molar refractivity (Wildman–Crippen MR) is 339 cm³/mol. The Bertz CT molecular complexity index is 1480. The second-order valence-electron chi connectivity index (χ2n) is 22.4. The normalized spacial score (nSPS) is 12.6. The lowest BCUT2D eigenvalue weighted by Gasteiger charge is -2.18. The Balaban J connectivity index is 4.34. The molecule has 0 saturated carbocycles. The summed E-state index contributed by atoms with van der Waals surface area (Å²) in [6.45, 7) is 6.54. The number of hydrogen-bond acceptors (Lipinski definition) is 6. The summed E-state index contributed by atoms with van der Waals surface area (Å²) in [5, 5.41) is 0. The van der Waals surface area contributed by atoms with Gasteiger partial charge in [0.25, 0.3) is 0 Å². The number of carbonyl (C=O) groups is 3. The summed E-state index contributed by atoms with van der Waals surface area (Å²) in [6, 6.07) is 0. The molecule has 450 valence electrons. The van der Waals surface area contributed by atoms with E-state index in [1.54, 1.807) is 0 Å². The average molecular weight is 1090 g/mol. The molecule has 0 amide bonds. The Hall–Kier alpha value is -3.41. The molecular formula is C72H126O6. The number of unbranched alkanes of at least 4 members (excludes halogenated alkanes) is 36. The van der Waals surface area contributed by atoms with Crippen molar-refractivity contribution in [2.45, 2.75) is 341 Å². The smallest absolute Gasteiger partial charge is 0.306 e. The molecule has 0 N–H and O–H groups in total. The van der Waals surface area contributed by atoms with E-state index in [9.17, 15) is 14.4 Å². The maximum Gasteiger partial charge on any atom is 0.306 e. The van der Waals surface area contributed by atoms with E-state index in [1.165, 1.54) is 180 Å². The number of hydrogen-bond donors (Lipinski definition) is 0. The first-order chi connectivity index (χ1) is 38.5. The van der Waals surface area contributed by atoms with Gasteiger partial charge < -0.3 is 14.2 Å². The topological polar surface area (TPSA) is 78.9 Å². The molecule has 0 heterocycles. The lowest BCUT2D eigenvalue weighted by Crippen LogP contribution is -2.30. The number of ether oxygens (including phenoxy) is 3. The molecule has 6 heteroatoms. The van der Waals surface area contributed by atoms with E-state index < -0.39 is 6.10 Å². The summed E-state index contributed by atoms with van der Waals surface area (Å²) in [7, 11) is 0. The van der Waals surface area contributed by atoms with Crippen molar-refractivity contribution >= 4 is 17.9 Å². The zero-order valence-electron chi connectivity index (χ0n) is 51.7. The van der Waals surface area contributed by atoms with Crippen molar-refractivity contribution in [2.75, 3.05) is 13.2 Å². The molecule has 0 aliphatic heterocycles. The number of carbonyl (C=O) groups excluding carboxylic acids is 3. The number of esters is 3. The van der Waals surface area contributed by atoms with Crippen LogP contribution in [0.4, 0.5) is 0 Å². The minimum Gasteiger partial charge on any atom is -0.462 e. The average Bonchev–Trinajstić information content (AvgIpc) is 3.44. The van der Waals surface area contributed by atoms with Gasteiger partial charge in [0, 0.05) is 19.3 Å². The summed E-state index contributed by atoms with van der Waals surface area (Å²) in [6.07, 6.45) is 87.3. The SMILES string of the molecule is CC/C=C\C/C=C\C/C=C\C/C=C\C/C=C\CCCCCCCC(=O)OC(COC(=O)CCCCCCCCCCCCCCCC)COC(=O)CCCCCCCCCCCCCCC/C=C\C/C=C\CCCCCCC. The van der Waals surface area contributed by atoms with E-state index in [4.69, 9.17) is 14.2 Å². The van der Waals surface area contributed by atoms with E-state index in [2.05, 4.69) is 106 Å². The van der Waals surface area contributed by atoms with Crippen LogP contribution in [-0.2, 0) is 28.6 Å². The van der Waals surface area contributed by atoms with Gasteiger partial charge in [-0.2, -0.15) is 0 Å². The maximum atomic E-state index is 12.9. The molecule has 0 spiro atoms. The predicted octanol–water partition coefficient (Wildman–Crippen LogP) is 23.1. The highest BCUT2D eigenvalue weighted by Gasteiger charge is 2.19. The van der Waals surface area contributed by atoms with Crippen molar-refractivity contribution in [3.8, 4) is 0 Å². The van der Waals surface area contributed by atoms with Crippen LogP contribution in [0.15, 0.2) is 85.1 Å². The quantitative estimate of drug-likeness (QED) is 0.0261. The van der Waals surface area contributed by atoms with Gasteiger partial charge in [-0.15, -0.1) is 0 Å². The molecule has 0 fully saturated rings. The van der Waals surface area contributed by atoms with Gasteiger partial charge in [-0.3, -0.25) is 14.4 Å². The van der Waals surface area contributed by atoms with Gasteiger partial charge in [0.2, 0.25) is 0 Å². The maximum absolute atomic E-state index is 12.9. The highest BCUT2D eigenvalue weighted by molar-refractivity contribution is 5.71. The standard InChI is InChI=1S/C72H126O6/c1-4-7-10-13-16-19-22-25-28-30-32-34-35-36-37-39-40-42-44-47-50-53-56-59-62-65-71(74)77-68-69(67-76-70(73)64-61-58-55-52-49-46-27-24-21-18-15-12-9-6-3)78-72(75)66-63-60-57-54-51-48-45-43-41-38-33-31-29-26-23-20-17-14-11-8-5-2/h8,11,17,20,22,25-26,29-30,32-33,38,43,45,69H,4-7,9-10,12-16,18-19,21,23-24,27-28,31,34-37,39-42,44,46-68H2,1-3H3/b11-8-,20-17-,25-22-,29-26-,32-30-,38-33-,45-43-. The van der Waals surface area contributed by atoms with Crippen LogP contribution in [0.5, 0.6) is 0 Å². The molecule has 0 radical (unpaired) electrons. The molecule has 78 heavy (non-hydrogen) atoms. The molecule has 0 aliphatic rings. The van der Waals surface area contributed by atoms with E-state index in [-0.39, 0.29) is 31.1 Å². The monoisotopic (exact) mass is 1090 g/mol. The minimum absolute atomic E-state index is 0.0814. The molecule has 0 aromatic rings. The van der Waals surface area contributed by atoms with Gasteiger partial charge in [0.15, 0.2) is 6.10 Å². The molecule has 0 aliphatic carbocycles. The molecule has 6 nitrogen and oxygen atoms in total. The lowest BCUT2D eigenvalue weighted by atomic mass is 10.0. The zero-order valence-corrected chi connectivity index (χ0v) is 51.7. The Kier molecular flexibility index (Phi) is 63.2. The second-order valence-corrected chi connectivity index (χ2v) is 22.4. The van der Waals surface area contributed by atoms with E-state index in [0.717, 1.165) is 116 Å². The second kappa shape index (κ2) is 66.1. The highest BCUT2D eigenvalue weighted by Crippen LogP contribution is 2.17. The summed E-state index contributed by atoms with van der Waals surface area (Å²) in [5.41, 5.74) is 0. The van der Waals surface area contributed by atoms with Gasteiger partial charge in [0.05, 0.1) is 0 Å². The van der Waals surface area contributed by atoms with Gasteiger partial charge >= 0.3 is 17.9 Å². The summed E-state index contributed by atoms with van der Waals surface area (Å²) in [5.74, 6) is -0.885. The van der Waals surface area contributed by atoms with Crippen molar-refractivity contribution in [2.24, 2.45) is 0 Å². The molecule has 0 bridgehead atoms. The first-order valence-electron chi connectivity index (χ1n) is 33.6. The van der Waals surface area contributed by atoms with Gasteiger partial charge in [-0.1, -0.05) is 305 Å². The summed E-state index contributed by atoms with van der Waals surface area (Å²) >= 11 is 0. The third-order valence-electron chi connectivity index (χ3n) is 14.6. The molecule has 1 atom stereocenters. The fraction of sp³-hybridized carbons (Fsp3) is 0.764. The van der Waals surface area contributed by atoms with Gasteiger partial charge in [0.1, 0.15) is 13.2 Å². The van der Waals surface area contributed by atoms with Gasteiger partial charge in [-0.25, -0.2) is 0 Å². The Morgan fingerprint density at radius 3 is 0.782 bits per heavy atom. The third-order valence-corrected chi connectivity index (χ3v) is 14.6. The van der Waals surface area contributed by atoms with Crippen LogP contribution in [0.1, 0.15) is 335 Å². The third kappa shape index (κ3) is 63.4. The molecule has 0 saturated heterocycles. The van der Waals surface area contributed by atoms with Crippen LogP contribution < -0.4 is 0 Å². The van der Waals surface area contributed by atoms with Crippen LogP contribution in [0, 0.1) is 0 Å². The Morgan fingerprint density at radius 1 is 0.269 bits per heavy atom. The fourth-order valence-electron chi connectivity index (χ4n) is 9.62. The number of allylic oxidation sites excluding steroid dienone is 14. The van der Waals surface area contributed by atoms with Crippen molar-refractivity contribution in [3.63, 3.8) is 0 Å². The van der Waals surface area contributed by atoms with Gasteiger partial charge in [-0.05, 0) is 96.3 Å². The van der Waals surface area contributed by atoms with Crippen LogP contribution >= 0.6 is 0 Å². The largest absolute Gasteiger partial charge is 0.462 e. The lowest BCUT2D eigenvalue weighted by molar-refractivity contribution is -0.167. The van der Waals surface area contributed by atoms with Crippen molar-refractivity contribution in [1.82, 2.24) is 0 Å². The van der Waals surface area contributed by atoms with Crippen LogP contribution in [0.25, 0.3) is 0 Å². The molecule has 0 aromatic carbocycles. The van der Waals surface area contributed by atoms with Crippen molar-refractivity contribution in [3.05, 3.63) is 85.1 Å². The first-order valence-corrected chi connectivity index (χ1v) is 33.6. The van der Waals surface area contributed by atoms with E-state index in [0.29, 0.717) is 19.3 Å². The van der Waals surface area contributed by atoms with Crippen LogP contribution in [-0.4, -0.2) is 37.2 Å².